The summed E-state index contributed by atoms with van der Waals surface area (Å²) in [5.74, 6) is 0.146. The summed E-state index contributed by atoms with van der Waals surface area (Å²) in [6, 6.07) is -0.142. The van der Waals surface area contributed by atoms with E-state index >= 15 is 0 Å². The lowest BCUT2D eigenvalue weighted by Gasteiger charge is -2.35. The highest BCUT2D eigenvalue weighted by molar-refractivity contribution is 7.11. The molecular weight excluding hydrogens is 550 g/mol. The summed E-state index contributed by atoms with van der Waals surface area (Å²) in [7, 11) is 0. The number of piperidine rings is 1. The third-order valence-corrected chi connectivity index (χ3v) is 8.02. The second-order valence-electron chi connectivity index (χ2n) is 12.8. The molecule has 13 nitrogen and oxygen atoms in total. The summed E-state index contributed by atoms with van der Waals surface area (Å²) in [5.41, 5.74) is -1.44. The fraction of sp³-hybridized carbons (Fsp3) is 0.778. The first-order valence-corrected chi connectivity index (χ1v) is 15.2. The first-order chi connectivity index (χ1) is 19.2. The van der Waals surface area contributed by atoms with Crippen LogP contribution in [0.5, 0.6) is 0 Å². The largest absolute Gasteiger partial charge is 0.444 e. The van der Waals surface area contributed by atoms with Crippen LogP contribution in [0.15, 0.2) is 4.99 Å². The maximum Gasteiger partial charge on any atom is 0.437 e. The number of aromatic nitrogens is 2. The van der Waals surface area contributed by atoms with E-state index in [4.69, 9.17) is 14.3 Å². The Kier molecular flexibility index (Phi) is 9.42. The summed E-state index contributed by atoms with van der Waals surface area (Å²) in [5, 5.41) is 17.9. The number of fused-ring (bicyclic) bond motifs is 2. The van der Waals surface area contributed by atoms with E-state index < -0.39 is 23.4 Å². The predicted octanol–water partition coefficient (Wildman–Crippen LogP) is 4.86. The zero-order valence-corrected chi connectivity index (χ0v) is 25.9. The normalized spacial score (nSPS) is 24.7. The lowest BCUT2D eigenvalue weighted by atomic mass is 9.81. The Morgan fingerprint density at radius 2 is 1.73 bits per heavy atom. The Labute approximate surface area is 245 Å². The van der Waals surface area contributed by atoms with Crippen LogP contribution in [0.1, 0.15) is 109 Å². The van der Waals surface area contributed by atoms with Crippen molar-refractivity contribution >= 4 is 35.5 Å². The summed E-state index contributed by atoms with van der Waals surface area (Å²) in [6.45, 7) is 13.8. The molecule has 3 heterocycles. The molecule has 0 unspecified atom stereocenters. The number of nitrogens with one attached hydrogen (secondary N) is 2. The van der Waals surface area contributed by atoms with Crippen molar-refractivity contribution in [2.24, 2.45) is 4.99 Å². The van der Waals surface area contributed by atoms with Crippen LogP contribution in [0, 0.1) is 0 Å². The van der Waals surface area contributed by atoms with E-state index in [9.17, 15) is 14.4 Å². The minimum Gasteiger partial charge on any atom is -0.444 e. The van der Waals surface area contributed by atoms with Crippen molar-refractivity contribution in [3.05, 3.63) is 10.0 Å². The minimum atomic E-state index is -0.818. The van der Waals surface area contributed by atoms with Crippen molar-refractivity contribution in [1.29, 1.82) is 0 Å². The van der Waals surface area contributed by atoms with E-state index in [0.717, 1.165) is 35.7 Å². The molecule has 1 aromatic rings. The first kappa shape index (κ1) is 30.9. The minimum absolute atomic E-state index is 0.0232. The maximum atomic E-state index is 13.0. The van der Waals surface area contributed by atoms with Crippen molar-refractivity contribution in [3.63, 3.8) is 0 Å². The zero-order valence-electron chi connectivity index (χ0n) is 25.1. The number of carbonyl (C=O) groups is 3. The molecule has 0 aromatic carbocycles. The fourth-order valence-electron chi connectivity index (χ4n) is 4.91. The number of hydroxylamine groups is 2. The van der Waals surface area contributed by atoms with Gasteiger partial charge in [-0.05, 0) is 73.6 Å². The van der Waals surface area contributed by atoms with Crippen LogP contribution in [-0.2, 0) is 14.3 Å². The number of ether oxygens (including phenoxy) is 2. The van der Waals surface area contributed by atoms with Gasteiger partial charge in [-0.25, -0.2) is 14.4 Å². The number of aliphatic imine (C=N–C) groups is 1. The van der Waals surface area contributed by atoms with Gasteiger partial charge in [0.15, 0.2) is 0 Å². The number of amides is 4. The molecule has 2 saturated heterocycles. The Morgan fingerprint density at radius 3 is 2.39 bits per heavy atom. The molecule has 3 fully saturated rings. The monoisotopic (exact) mass is 593 g/mol. The van der Waals surface area contributed by atoms with E-state index in [2.05, 4.69) is 32.7 Å². The number of carbonyl (C=O) groups excluding carboxylic acids is 3. The second kappa shape index (κ2) is 12.5. The Balaban J connectivity index is 1.34. The van der Waals surface area contributed by atoms with Crippen molar-refractivity contribution < 1.29 is 28.7 Å². The van der Waals surface area contributed by atoms with Crippen LogP contribution in [-0.4, -0.2) is 80.8 Å². The van der Waals surface area contributed by atoms with E-state index in [0.29, 0.717) is 26.0 Å². The molecule has 1 saturated carbocycles. The number of alkyl carbamates (subject to hydrolysis) is 1. The first-order valence-electron chi connectivity index (χ1n) is 14.4. The quantitative estimate of drug-likeness (QED) is 0.257. The average Bonchev–Trinajstić information content (AvgIpc) is 3.38. The number of rotatable bonds is 7. The molecule has 0 spiro atoms. The smallest absolute Gasteiger partial charge is 0.437 e. The third-order valence-electron chi connectivity index (χ3n) is 6.84. The Hall–Kier alpha value is -3.00. The van der Waals surface area contributed by atoms with Gasteiger partial charge < -0.3 is 19.7 Å². The molecule has 2 aliphatic heterocycles. The van der Waals surface area contributed by atoms with Gasteiger partial charge in [0, 0.05) is 18.5 Å². The van der Waals surface area contributed by atoms with Crippen LogP contribution in [0.4, 0.5) is 14.4 Å². The molecule has 4 rings (SSSR count). The lowest BCUT2D eigenvalue weighted by molar-refractivity contribution is -0.130. The van der Waals surface area contributed by atoms with Crippen LogP contribution in [0.3, 0.4) is 0 Å². The Bertz CT molecular complexity index is 1140. The molecule has 4 amide bonds. The summed E-state index contributed by atoms with van der Waals surface area (Å²) >= 11 is 1.54. The second-order valence-corrected chi connectivity index (χ2v) is 13.8. The van der Waals surface area contributed by atoms with Crippen molar-refractivity contribution in [2.75, 3.05) is 13.2 Å². The molecular formula is C27H43N7O6S. The van der Waals surface area contributed by atoms with Gasteiger partial charge in [-0.2, -0.15) is 5.06 Å². The molecule has 1 aliphatic carbocycles. The zero-order chi connectivity index (χ0) is 29.9. The number of unbranched alkanes of at least 4 members (excludes halogenated alkanes) is 1. The van der Waals surface area contributed by atoms with Gasteiger partial charge in [0.05, 0.1) is 18.7 Å². The predicted molar refractivity (Wildman–Crippen MR) is 152 cm³/mol. The maximum absolute atomic E-state index is 13.0. The van der Waals surface area contributed by atoms with Gasteiger partial charge in [0.25, 0.3) is 0 Å². The van der Waals surface area contributed by atoms with Crippen LogP contribution < -0.4 is 10.6 Å². The van der Waals surface area contributed by atoms with E-state index in [-0.39, 0.29) is 36.0 Å². The highest BCUT2D eigenvalue weighted by Crippen LogP contribution is 2.43. The summed E-state index contributed by atoms with van der Waals surface area (Å²) < 4.78 is 10.6. The van der Waals surface area contributed by atoms with E-state index in [1.165, 1.54) is 0 Å². The Morgan fingerprint density at radius 1 is 1.05 bits per heavy atom. The molecule has 228 valence electrons. The molecule has 0 radical (unpaired) electrons. The number of hydrogen-bond acceptors (Lipinski definition) is 9. The molecule has 3 aliphatic rings. The van der Waals surface area contributed by atoms with Gasteiger partial charge in [0.1, 0.15) is 21.2 Å². The van der Waals surface area contributed by atoms with E-state index in [1.807, 2.05) is 4.90 Å². The molecule has 1 aromatic heterocycles. The summed E-state index contributed by atoms with van der Waals surface area (Å²) in [6.07, 6.45) is 3.52. The standard InChI is InChI=1S/C27H43N7O6S/c1-8-9-12-38-34-18-10-11-19(33(15-18)25(34)37)21-32-31-20(41-21)16-13-17(14-16)28-22(29-23(35)39-26(2,3)4)30-24(36)40-27(5,6)7/h16-19H,8-15H2,1-7H3,(H2,28,29,30,35,36)/t16-,17-,18-,19-/m0/s1. The average molecular weight is 594 g/mol. The topological polar surface area (TPSA) is 148 Å². The lowest BCUT2D eigenvalue weighted by Crippen LogP contribution is -2.51. The molecule has 14 heteroatoms. The molecule has 2 atom stereocenters. The fourth-order valence-corrected chi connectivity index (χ4v) is 6.03. The van der Waals surface area contributed by atoms with Gasteiger partial charge >= 0.3 is 18.2 Å². The van der Waals surface area contributed by atoms with Gasteiger partial charge in [0.2, 0.25) is 5.96 Å². The van der Waals surface area contributed by atoms with Crippen molar-refractivity contribution in [2.45, 2.75) is 122 Å². The number of urea groups is 1. The van der Waals surface area contributed by atoms with Crippen molar-refractivity contribution in [3.8, 4) is 0 Å². The van der Waals surface area contributed by atoms with Crippen LogP contribution >= 0.6 is 11.3 Å². The van der Waals surface area contributed by atoms with E-state index in [1.54, 1.807) is 57.9 Å². The third kappa shape index (κ3) is 8.28. The van der Waals surface area contributed by atoms with Crippen LogP contribution in [0.2, 0.25) is 0 Å². The SMILES string of the molecule is CCCCON1C(=O)N2C[C@@H]1CC[C@H]2c1nnc([C@H]2C[C@H](NC(=NC(=O)OC(C)(C)C)NC(=O)OC(C)(C)C)C2)s1. The van der Waals surface area contributed by atoms with Gasteiger partial charge in [-0.3, -0.25) is 10.2 Å². The summed E-state index contributed by atoms with van der Waals surface area (Å²) in [4.78, 5) is 49.3. The van der Waals surface area contributed by atoms with Crippen LogP contribution in [0.25, 0.3) is 0 Å². The highest BCUT2D eigenvalue weighted by Gasteiger charge is 2.47. The van der Waals surface area contributed by atoms with Gasteiger partial charge in [-0.15, -0.1) is 15.2 Å². The molecule has 2 N–H and O–H groups in total. The number of nitrogens with zero attached hydrogens (tertiary/aromatic N) is 5. The number of hydrogen-bond donors (Lipinski definition) is 2. The van der Waals surface area contributed by atoms with Crippen molar-refractivity contribution in [1.82, 2.24) is 30.8 Å². The number of guanidine groups is 1. The molecule has 41 heavy (non-hydrogen) atoms. The highest BCUT2D eigenvalue weighted by atomic mass is 32.1. The molecule has 2 bridgehead atoms. The van der Waals surface area contributed by atoms with Gasteiger partial charge in [-0.1, -0.05) is 24.7 Å².